The van der Waals surface area contributed by atoms with E-state index in [1.165, 1.54) is 17.1 Å². The Balaban J connectivity index is 1.94. The summed E-state index contributed by atoms with van der Waals surface area (Å²) in [5.41, 5.74) is 4.85. The quantitative estimate of drug-likeness (QED) is 0.637. The van der Waals surface area contributed by atoms with E-state index < -0.39 is 21.8 Å². The van der Waals surface area contributed by atoms with Gasteiger partial charge in [-0.2, -0.15) is 18.3 Å². The van der Waals surface area contributed by atoms with Gasteiger partial charge in [0.25, 0.3) is 10.0 Å². The van der Waals surface area contributed by atoms with Crippen LogP contribution in [0.15, 0.2) is 41.7 Å². The Labute approximate surface area is 140 Å². The van der Waals surface area contributed by atoms with E-state index in [1.807, 2.05) is 0 Å². The summed E-state index contributed by atoms with van der Waals surface area (Å²) in [6.45, 7) is 0.771. The molecule has 0 saturated carbocycles. The number of alkyl halides is 3. The number of fused-ring (bicyclic) bond motifs is 1. The Morgan fingerprint density at radius 3 is 2.76 bits per heavy atom. The summed E-state index contributed by atoms with van der Waals surface area (Å²) in [6.07, 6.45) is -0.559. The highest BCUT2D eigenvalue weighted by Gasteiger charge is 2.31. The van der Waals surface area contributed by atoms with Gasteiger partial charge >= 0.3 is 6.18 Å². The Morgan fingerprint density at radius 1 is 1.32 bits per heavy atom. The highest BCUT2D eigenvalue weighted by molar-refractivity contribution is 7.93. The molecule has 0 bridgehead atoms. The van der Waals surface area contributed by atoms with Crippen molar-refractivity contribution in [2.75, 3.05) is 11.3 Å². The second-order valence-corrected chi connectivity index (χ2v) is 6.95. The van der Waals surface area contributed by atoms with Crippen LogP contribution in [-0.4, -0.2) is 29.7 Å². The first-order valence-corrected chi connectivity index (χ1v) is 8.63. The van der Waals surface area contributed by atoms with E-state index in [0.29, 0.717) is 13.1 Å². The smallest absolute Gasteiger partial charge is 0.360 e. The molecule has 3 rings (SSSR count). The van der Waals surface area contributed by atoms with E-state index in [0.717, 1.165) is 24.4 Å². The SMILES string of the molecule is NCCn1cc(NS(=O)(=O)c2c[nH]c3cc(C(F)(F)F)ccc23)cn1. The fourth-order valence-electron chi connectivity index (χ4n) is 2.38. The molecule has 4 N–H and O–H groups in total. The molecule has 1 aromatic carbocycles. The van der Waals surface area contributed by atoms with Crippen molar-refractivity contribution in [3.63, 3.8) is 0 Å². The average molecular weight is 373 g/mol. The summed E-state index contributed by atoms with van der Waals surface area (Å²) < 4.78 is 67.1. The maximum atomic E-state index is 12.7. The second kappa shape index (κ2) is 6.08. The highest BCUT2D eigenvalue weighted by Crippen LogP contribution is 2.33. The van der Waals surface area contributed by atoms with Crippen molar-refractivity contribution in [2.24, 2.45) is 5.73 Å². The van der Waals surface area contributed by atoms with Gasteiger partial charge in [0.05, 0.1) is 24.0 Å². The number of aromatic nitrogens is 3. The number of halogens is 3. The molecule has 2 aromatic heterocycles. The second-order valence-electron chi connectivity index (χ2n) is 5.30. The molecular weight excluding hydrogens is 359 g/mol. The molecule has 25 heavy (non-hydrogen) atoms. The van der Waals surface area contributed by atoms with Gasteiger partial charge in [0.2, 0.25) is 0 Å². The number of H-pyrrole nitrogens is 1. The maximum absolute atomic E-state index is 12.7. The molecule has 11 heteroatoms. The number of hydrogen-bond acceptors (Lipinski definition) is 4. The van der Waals surface area contributed by atoms with Crippen LogP contribution >= 0.6 is 0 Å². The number of nitrogens with one attached hydrogen (secondary N) is 2. The zero-order valence-electron chi connectivity index (χ0n) is 12.7. The van der Waals surface area contributed by atoms with Gasteiger partial charge in [-0.25, -0.2) is 8.42 Å². The maximum Gasteiger partial charge on any atom is 0.416 e. The molecule has 0 unspecified atom stereocenters. The van der Waals surface area contributed by atoms with Crippen molar-refractivity contribution in [2.45, 2.75) is 17.6 Å². The molecule has 0 aliphatic heterocycles. The summed E-state index contributed by atoms with van der Waals surface area (Å²) in [4.78, 5) is 2.41. The monoisotopic (exact) mass is 373 g/mol. The van der Waals surface area contributed by atoms with Crippen LogP contribution in [0, 0.1) is 0 Å². The van der Waals surface area contributed by atoms with Gasteiger partial charge in [0, 0.05) is 29.8 Å². The Hall–Kier alpha value is -2.53. The number of sulfonamides is 1. The van der Waals surface area contributed by atoms with Crippen molar-refractivity contribution in [3.05, 3.63) is 42.4 Å². The highest BCUT2D eigenvalue weighted by atomic mass is 32.2. The predicted octanol–water partition coefficient (Wildman–Crippen LogP) is 2.14. The Kier molecular flexibility index (Phi) is 4.21. The number of anilines is 1. The number of aromatic amines is 1. The third kappa shape index (κ3) is 3.46. The summed E-state index contributed by atoms with van der Waals surface area (Å²) in [5.74, 6) is 0. The fourth-order valence-corrected chi connectivity index (χ4v) is 3.59. The first-order valence-electron chi connectivity index (χ1n) is 7.14. The normalized spacial score (nSPS) is 12.6. The summed E-state index contributed by atoms with van der Waals surface area (Å²) in [5, 5.41) is 4.11. The molecule has 0 radical (unpaired) electrons. The number of nitrogens with two attached hydrogens (primary N) is 1. The van der Waals surface area contributed by atoms with Crippen LogP contribution in [0.2, 0.25) is 0 Å². The molecule has 0 aliphatic carbocycles. The van der Waals surface area contributed by atoms with E-state index in [-0.39, 0.29) is 21.5 Å². The van der Waals surface area contributed by atoms with Gasteiger partial charge in [-0.05, 0) is 12.1 Å². The van der Waals surface area contributed by atoms with Crippen molar-refractivity contribution in [3.8, 4) is 0 Å². The van der Waals surface area contributed by atoms with E-state index in [4.69, 9.17) is 5.73 Å². The van der Waals surface area contributed by atoms with Gasteiger partial charge < -0.3 is 10.7 Å². The fraction of sp³-hybridized carbons (Fsp3) is 0.214. The molecular formula is C14H14F3N5O2S. The summed E-state index contributed by atoms with van der Waals surface area (Å²) in [7, 11) is -3.99. The topological polar surface area (TPSA) is 106 Å². The van der Waals surface area contributed by atoms with Gasteiger partial charge in [0.1, 0.15) is 4.90 Å². The summed E-state index contributed by atoms with van der Waals surface area (Å²) in [6, 6.07) is 2.84. The van der Waals surface area contributed by atoms with Crippen LogP contribution in [-0.2, 0) is 22.7 Å². The molecule has 0 spiro atoms. The lowest BCUT2D eigenvalue weighted by molar-refractivity contribution is -0.137. The predicted molar refractivity (Wildman–Crippen MR) is 85.4 cm³/mol. The lowest BCUT2D eigenvalue weighted by Crippen LogP contribution is -2.12. The zero-order valence-corrected chi connectivity index (χ0v) is 13.5. The van der Waals surface area contributed by atoms with Crippen molar-refractivity contribution >= 4 is 26.6 Å². The average Bonchev–Trinajstić information content (AvgIpc) is 3.12. The number of benzene rings is 1. The van der Waals surface area contributed by atoms with Gasteiger partial charge in [-0.3, -0.25) is 9.40 Å². The van der Waals surface area contributed by atoms with Crippen LogP contribution in [0.3, 0.4) is 0 Å². The molecule has 7 nitrogen and oxygen atoms in total. The number of hydrogen-bond donors (Lipinski definition) is 3. The van der Waals surface area contributed by atoms with E-state index >= 15 is 0 Å². The largest absolute Gasteiger partial charge is 0.416 e. The van der Waals surface area contributed by atoms with Crippen molar-refractivity contribution in [1.82, 2.24) is 14.8 Å². The minimum absolute atomic E-state index is 0.0778. The van der Waals surface area contributed by atoms with Gasteiger partial charge in [-0.1, -0.05) is 6.07 Å². The van der Waals surface area contributed by atoms with E-state index in [9.17, 15) is 21.6 Å². The third-order valence-corrected chi connectivity index (χ3v) is 4.93. The number of rotatable bonds is 5. The van der Waals surface area contributed by atoms with E-state index in [1.54, 1.807) is 0 Å². The molecule has 134 valence electrons. The minimum Gasteiger partial charge on any atom is -0.360 e. The molecule has 0 atom stereocenters. The molecule has 0 fully saturated rings. The molecule has 0 aliphatic rings. The van der Waals surface area contributed by atoms with Crippen molar-refractivity contribution in [1.29, 1.82) is 0 Å². The zero-order chi connectivity index (χ0) is 18.2. The minimum atomic E-state index is -4.51. The third-order valence-electron chi connectivity index (χ3n) is 3.50. The van der Waals surface area contributed by atoms with Crippen LogP contribution < -0.4 is 10.5 Å². The van der Waals surface area contributed by atoms with Gasteiger partial charge in [-0.15, -0.1) is 0 Å². The van der Waals surface area contributed by atoms with Gasteiger partial charge in [0.15, 0.2) is 0 Å². The van der Waals surface area contributed by atoms with Crippen LogP contribution in [0.1, 0.15) is 5.56 Å². The van der Waals surface area contributed by atoms with Crippen LogP contribution in [0.5, 0.6) is 0 Å². The van der Waals surface area contributed by atoms with Crippen LogP contribution in [0.25, 0.3) is 10.9 Å². The standard InChI is InChI=1S/C14H14F3N5O2S/c15-14(16,17)9-1-2-11-12(5-9)19-7-13(11)25(23,24)21-10-6-20-22(8-10)4-3-18/h1-2,5-8,19,21H,3-4,18H2. The molecule has 3 aromatic rings. The molecule has 2 heterocycles. The Morgan fingerprint density at radius 2 is 2.08 bits per heavy atom. The molecule has 0 saturated heterocycles. The lowest BCUT2D eigenvalue weighted by Gasteiger charge is -2.07. The van der Waals surface area contributed by atoms with Crippen molar-refractivity contribution < 1.29 is 21.6 Å². The number of nitrogens with zero attached hydrogens (tertiary/aromatic N) is 2. The van der Waals surface area contributed by atoms with E-state index in [2.05, 4.69) is 14.8 Å². The Bertz CT molecular complexity index is 1010. The summed E-state index contributed by atoms with van der Waals surface area (Å²) >= 11 is 0. The molecule has 0 amide bonds. The van der Waals surface area contributed by atoms with Crippen LogP contribution in [0.4, 0.5) is 18.9 Å². The first-order chi connectivity index (χ1) is 11.7. The first kappa shape index (κ1) is 17.3. The lowest BCUT2D eigenvalue weighted by atomic mass is 10.1.